The highest BCUT2D eigenvalue weighted by Crippen LogP contribution is 2.16. The summed E-state index contributed by atoms with van der Waals surface area (Å²) in [5.41, 5.74) is 0.633. The number of carbonyl (C=O) groups is 2. The van der Waals surface area contributed by atoms with Crippen molar-refractivity contribution in [1.29, 1.82) is 0 Å². The second-order valence-electron chi connectivity index (χ2n) is 4.00. The number of methoxy groups -OCH3 is 1. The summed E-state index contributed by atoms with van der Waals surface area (Å²) in [6.45, 7) is 0. The van der Waals surface area contributed by atoms with Crippen LogP contribution in [0.15, 0.2) is 54.9 Å². The highest BCUT2D eigenvalue weighted by atomic mass is 16.5. The van der Waals surface area contributed by atoms with E-state index in [1.54, 1.807) is 36.4 Å². The standard InChI is InChI=1S/C15H13NO4/c1-20-10-13(15(18)19)16-9-5-8-12(16)14(17)11-6-3-2-4-7-11/h2-10H,1H3,(H,18,19)/b13-10-. The fourth-order valence-electron chi connectivity index (χ4n) is 1.84. The normalized spacial score (nSPS) is 11.2. The molecule has 5 nitrogen and oxygen atoms in total. The van der Waals surface area contributed by atoms with Gasteiger partial charge in [0.25, 0.3) is 0 Å². The minimum atomic E-state index is -1.18. The van der Waals surface area contributed by atoms with Crippen LogP contribution in [0, 0.1) is 0 Å². The number of hydrogen-bond donors (Lipinski definition) is 1. The molecule has 1 aromatic carbocycles. The molecule has 0 unspecified atom stereocenters. The van der Waals surface area contributed by atoms with Crippen LogP contribution in [-0.2, 0) is 9.53 Å². The summed E-state index contributed by atoms with van der Waals surface area (Å²) in [5, 5.41) is 9.17. The van der Waals surface area contributed by atoms with Crippen molar-refractivity contribution in [2.75, 3.05) is 7.11 Å². The fraction of sp³-hybridized carbons (Fsp3) is 0.0667. The van der Waals surface area contributed by atoms with E-state index in [9.17, 15) is 14.7 Å². The molecular weight excluding hydrogens is 258 g/mol. The Labute approximate surface area is 115 Å². The zero-order valence-corrected chi connectivity index (χ0v) is 10.8. The quantitative estimate of drug-likeness (QED) is 0.514. The van der Waals surface area contributed by atoms with Gasteiger partial charge in [0.05, 0.1) is 12.8 Å². The van der Waals surface area contributed by atoms with Crippen LogP contribution in [0.2, 0.25) is 0 Å². The molecule has 0 aliphatic carbocycles. The molecular formula is C15H13NO4. The van der Waals surface area contributed by atoms with Crippen molar-refractivity contribution in [2.24, 2.45) is 0 Å². The summed E-state index contributed by atoms with van der Waals surface area (Å²) in [5.74, 6) is -1.43. The minimum Gasteiger partial charge on any atom is -0.502 e. The van der Waals surface area contributed by atoms with Gasteiger partial charge < -0.3 is 14.4 Å². The summed E-state index contributed by atoms with van der Waals surface area (Å²) < 4.78 is 6.05. The Bertz CT molecular complexity index is 656. The van der Waals surface area contributed by atoms with E-state index in [0.717, 1.165) is 6.26 Å². The van der Waals surface area contributed by atoms with E-state index in [1.807, 2.05) is 6.07 Å². The van der Waals surface area contributed by atoms with Crippen molar-refractivity contribution >= 4 is 17.4 Å². The monoisotopic (exact) mass is 271 g/mol. The minimum absolute atomic E-state index is 0.128. The SMILES string of the molecule is CO/C=C(/C(=O)O)n1cccc1C(=O)c1ccccc1. The zero-order valence-electron chi connectivity index (χ0n) is 10.8. The summed E-state index contributed by atoms with van der Waals surface area (Å²) in [6, 6.07) is 11.9. The van der Waals surface area contributed by atoms with E-state index in [1.165, 1.54) is 17.9 Å². The Morgan fingerprint density at radius 2 is 1.85 bits per heavy atom. The third-order valence-electron chi connectivity index (χ3n) is 2.73. The molecule has 0 amide bonds. The lowest BCUT2D eigenvalue weighted by Gasteiger charge is -2.09. The second-order valence-corrected chi connectivity index (χ2v) is 4.00. The Hall–Kier alpha value is -2.82. The number of carbonyl (C=O) groups excluding carboxylic acids is 1. The van der Waals surface area contributed by atoms with Gasteiger partial charge in [-0.15, -0.1) is 0 Å². The van der Waals surface area contributed by atoms with Crippen LogP contribution in [0.5, 0.6) is 0 Å². The molecule has 2 aromatic rings. The molecule has 0 bridgehead atoms. The number of nitrogens with zero attached hydrogens (tertiary/aromatic N) is 1. The highest BCUT2D eigenvalue weighted by Gasteiger charge is 2.19. The van der Waals surface area contributed by atoms with E-state index < -0.39 is 5.97 Å². The molecule has 0 aliphatic rings. The van der Waals surface area contributed by atoms with Crippen molar-refractivity contribution < 1.29 is 19.4 Å². The van der Waals surface area contributed by atoms with Gasteiger partial charge >= 0.3 is 5.97 Å². The molecule has 2 rings (SSSR count). The largest absolute Gasteiger partial charge is 0.502 e. The first-order chi connectivity index (χ1) is 9.65. The van der Waals surface area contributed by atoms with Gasteiger partial charge in [-0.1, -0.05) is 30.3 Å². The third kappa shape index (κ3) is 2.61. The van der Waals surface area contributed by atoms with E-state index in [2.05, 4.69) is 0 Å². The molecule has 0 atom stereocenters. The van der Waals surface area contributed by atoms with Crippen LogP contribution in [0.4, 0.5) is 0 Å². The van der Waals surface area contributed by atoms with Gasteiger partial charge in [0.2, 0.25) is 5.78 Å². The lowest BCUT2D eigenvalue weighted by atomic mass is 10.1. The molecule has 0 radical (unpaired) electrons. The van der Waals surface area contributed by atoms with Gasteiger partial charge in [-0.05, 0) is 12.1 Å². The van der Waals surface area contributed by atoms with Crippen molar-refractivity contribution in [3.63, 3.8) is 0 Å². The number of rotatable bonds is 5. The van der Waals surface area contributed by atoms with Crippen molar-refractivity contribution in [3.8, 4) is 0 Å². The molecule has 0 saturated heterocycles. The number of aromatic nitrogens is 1. The smallest absolute Gasteiger partial charge is 0.356 e. The van der Waals surface area contributed by atoms with Gasteiger partial charge in [-0.25, -0.2) is 4.79 Å². The molecule has 1 aromatic heterocycles. The predicted molar refractivity (Wildman–Crippen MR) is 73.2 cm³/mol. The average Bonchev–Trinajstić information content (AvgIpc) is 2.93. The number of carboxylic acids is 1. The Kier molecular flexibility index (Phi) is 4.00. The number of carboxylic acid groups (broad SMARTS) is 1. The van der Waals surface area contributed by atoms with E-state index >= 15 is 0 Å². The third-order valence-corrected chi connectivity index (χ3v) is 2.73. The van der Waals surface area contributed by atoms with Gasteiger partial charge in [0.1, 0.15) is 6.26 Å². The fourth-order valence-corrected chi connectivity index (χ4v) is 1.84. The second kappa shape index (κ2) is 5.88. The highest BCUT2D eigenvalue weighted by molar-refractivity contribution is 6.13. The van der Waals surface area contributed by atoms with Crippen LogP contribution >= 0.6 is 0 Å². The van der Waals surface area contributed by atoms with Gasteiger partial charge in [-0.2, -0.15) is 0 Å². The van der Waals surface area contributed by atoms with Gasteiger partial charge in [0.15, 0.2) is 5.70 Å². The van der Waals surface area contributed by atoms with Crippen LogP contribution in [-0.4, -0.2) is 28.5 Å². The van der Waals surface area contributed by atoms with Crippen LogP contribution in [0.3, 0.4) is 0 Å². The van der Waals surface area contributed by atoms with Crippen molar-refractivity contribution in [3.05, 3.63) is 66.2 Å². The molecule has 102 valence electrons. The summed E-state index contributed by atoms with van der Waals surface area (Å²) in [7, 11) is 1.35. The number of ether oxygens (including phenoxy) is 1. The number of benzene rings is 1. The first kappa shape index (κ1) is 13.6. The van der Waals surface area contributed by atoms with Crippen LogP contribution < -0.4 is 0 Å². The maximum Gasteiger partial charge on any atom is 0.356 e. The number of ketones is 1. The van der Waals surface area contributed by atoms with E-state index in [4.69, 9.17) is 4.74 Å². The molecule has 1 N–H and O–H groups in total. The Morgan fingerprint density at radius 3 is 2.45 bits per heavy atom. The molecule has 0 spiro atoms. The van der Waals surface area contributed by atoms with E-state index in [0.29, 0.717) is 5.56 Å². The zero-order chi connectivity index (χ0) is 14.5. The molecule has 5 heteroatoms. The van der Waals surface area contributed by atoms with Crippen molar-refractivity contribution in [1.82, 2.24) is 4.57 Å². The van der Waals surface area contributed by atoms with Crippen LogP contribution in [0.1, 0.15) is 16.1 Å². The van der Waals surface area contributed by atoms with E-state index in [-0.39, 0.29) is 17.2 Å². The maximum absolute atomic E-state index is 12.4. The van der Waals surface area contributed by atoms with Crippen molar-refractivity contribution in [2.45, 2.75) is 0 Å². The van der Waals surface area contributed by atoms with Crippen LogP contribution in [0.25, 0.3) is 5.70 Å². The Balaban J connectivity index is 2.46. The lowest BCUT2D eigenvalue weighted by molar-refractivity contribution is -0.130. The van der Waals surface area contributed by atoms with Gasteiger partial charge in [0, 0.05) is 11.8 Å². The predicted octanol–water partition coefficient (Wildman–Crippen LogP) is 2.25. The first-order valence-corrected chi connectivity index (χ1v) is 5.89. The summed E-state index contributed by atoms with van der Waals surface area (Å²) in [4.78, 5) is 23.6. The maximum atomic E-state index is 12.4. The lowest BCUT2D eigenvalue weighted by Crippen LogP contribution is -2.14. The molecule has 0 aliphatic heterocycles. The average molecular weight is 271 g/mol. The molecule has 0 fully saturated rings. The van der Waals surface area contributed by atoms with Gasteiger partial charge in [-0.3, -0.25) is 4.79 Å². The molecule has 20 heavy (non-hydrogen) atoms. The molecule has 0 saturated carbocycles. The summed E-state index contributed by atoms with van der Waals surface area (Å²) in [6.07, 6.45) is 2.60. The number of hydrogen-bond acceptors (Lipinski definition) is 3. The number of aliphatic carboxylic acids is 1. The first-order valence-electron chi connectivity index (χ1n) is 5.89. The summed E-state index contributed by atoms with van der Waals surface area (Å²) >= 11 is 0. The molecule has 1 heterocycles. The Morgan fingerprint density at radius 1 is 1.15 bits per heavy atom. The topological polar surface area (TPSA) is 68.5 Å².